The molecule has 0 bridgehead atoms. The maximum absolute atomic E-state index is 13.3. The summed E-state index contributed by atoms with van der Waals surface area (Å²) in [5.74, 6) is -1.24. The smallest absolute Gasteiger partial charge is 0.410 e. The van der Waals surface area contributed by atoms with Crippen LogP contribution in [0.1, 0.15) is 5.56 Å². The van der Waals surface area contributed by atoms with Gasteiger partial charge in [-0.25, -0.2) is 14.2 Å². The molecule has 72 valence electrons. The van der Waals surface area contributed by atoms with Crippen LogP contribution < -0.4 is 5.32 Å². The first kappa shape index (κ1) is 10.6. The predicted molar refractivity (Wildman–Crippen MR) is 53.3 cm³/mol. The molecule has 0 aliphatic rings. The molecule has 0 aliphatic carbocycles. The molecule has 1 aromatic rings. The molecule has 5 nitrogen and oxygen atoms in total. The first-order valence-corrected chi connectivity index (χ1v) is 4.38. The fourth-order valence-electron chi connectivity index (χ4n) is 0.731. The molecule has 0 aromatic carbocycles. The second kappa shape index (κ2) is 4.19. The summed E-state index contributed by atoms with van der Waals surface area (Å²) in [6.45, 7) is 0. The van der Waals surface area contributed by atoms with Crippen molar-refractivity contribution in [2.75, 3.05) is 5.32 Å². The number of pyridine rings is 1. The van der Waals surface area contributed by atoms with E-state index in [0.29, 0.717) is 0 Å². The zero-order valence-corrected chi connectivity index (χ0v) is 8.74. The number of rotatable bonds is 1. The molecule has 1 amide bonds. The Morgan fingerprint density at radius 3 is 2.93 bits per heavy atom. The van der Waals surface area contributed by atoms with Gasteiger partial charge in [-0.3, -0.25) is 5.32 Å². The highest BCUT2D eigenvalue weighted by atomic mass is 127. The number of nitriles is 1. The third-order valence-corrected chi connectivity index (χ3v) is 2.36. The number of amides is 1. The van der Waals surface area contributed by atoms with Crippen molar-refractivity contribution in [1.29, 1.82) is 5.26 Å². The summed E-state index contributed by atoms with van der Waals surface area (Å²) in [5, 5.41) is 18.6. The van der Waals surface area contributed by atoms with E-state index in [9.17, 15) is 9.18 Å². The summed E-state index contributed by atoms with van der Waals surface area (Å²) >= 11 is 1.61. The number of aromatic nitrogens is 1. The van der Waals surface area contributed by atoms with Gasteiger partial charge in [-0.05, 0) is 22.6 Å². The Labute approximate surface area is 91.7 Å². The number of nitrogens with one attached hydrogen (secondary N) is 1. The topological polar surface area (TPSA) is 86.0 Å². The first-order valence-electron chi connectivity index (χ1n) is 3.30. The van der Waals surface area contributed by atoms with Crippen LogP contribution in [0, 0.1) is 20.7 Å². The molecule has 0 spiro atoms. The normalized spacial score (nSPS) is 9.21. The minimum Gasteiger partial charge on any atom is -0.465 e. The standard InChI is InChI=1S/C7H3FIN3O2/c8-4-5(9)3(1-10)2-11-6(4)12-7(13)14/h2H,(H,11,12)(H,13,14). The van der Waals surface area contributed by atoms with E-state index in [4.69, 9.17) is 10.4 Å². The van der Waals surface area contributed by atoms with Crippen molar-refractivity contribution >= 4 is 34.5 Å². The molecule has 0 atom stereocenters. The Hall–Kier alpha value is -1.43. The van der Waals surface area contributed by atoms with Gasteiger partial charge in [0.1, 0.15) is 6.07 Å². The van der Waals surface area contributed by atoms with Crippen LogP contribution in [0.5, 0.6) is 0 Å². The molecule has 1 heterocycles. The van der Waals surface area contributed by atoms with E-state index in [-0.39, 0.29) is 9.13 Å². The molecule has 7 heteroatoms. The summed E-state index contributed by atoms with van der Waals surface area (Å²) in [5.41, 5.74) is 0.0686. The fraction of sp³-hybridized carbons (Fsp3) is 0. The molecule has 1 aromatic heterocycles. The highest BCUT2D eigenvalue weighted by Gasteiger charge is 2.13. The number of anilines is 1. The molecule has 0 saturated carbocycles. The van der Waals surface area contributed by atoms with Gasteiger partial charge in [0.15, 0.2) is 11.6 Å². The Bertz CT molecular complexity index is 430. The van der Waals surface area contributed by atoms with E-state index in [2.05, 4.69) is 4.98 Å². The summed E-state index contributed by atoms with van der Waals surface area (Å²) in [7, 11) is 0. The van der Waals surface area contributed by atoms with Crippen LogP contribution >= 0.6 is 22.6 Å². The Balaban J connectivity index is 3.18. The van der Waals surface area contributed by atoms with Crippen molar-refractivity contribution in [3.63, 3.8) is 0 Å². The lowest BCUT2D eigenvalue weighted by Crippen LogP contribution is -2.11. The second-order valence-electron chi connectivity index (χ2n) is 2.19. The molecule has 1 rings (SSSR count). The van der Waals surface area contributed by atoms with Crippen molar-refractivity contribution in [2.45, 2.75) is 0 Å². The van der Waals surface area contributed by atoms with E-state index in [1.54, 1.807) is 34.0 Å². The van der Waals surface area contributed by atoms with Crippen LogP contribution in [0.2, 0.25) is 0 Å². The van der Waals surface area contributed by atoms with Gasteiger partial charge >= 0.3 is 6.09 Å². The number of carbonyl (C=O) groups is 1. The molecule has 14 heavy (non-hydrogen) atoms. The van der Waals surface area contributed by atoms with E-state index in [1.807, 2.05) is 0 Å². The van der Waals surface area contributed by atoms with Crippen molar-refractivity contribution < 1.29 is 14.3 Å². The zero-order chi connectivity index (χ0) is 10.7. The maximum Gasteiger partial charge on any atom is 0.410 e. The molecule has 0 unspecified atom stereocenters. The molecular weight excluding hydrogens is 304 g/mol. The number of halogens is 2. The molecular formula is C7H3FIN3O2. The van der Waals surface area contributed by atoms with Gasteiger partial charge in [-0.2, -0.15) is 5.26 Å². The Morgan fingerprint density at radius 1 is 1.79 bits per heavy atom. The van der Waals surface area contributed by atoms with Gasteiger partial charge in [0.2, 0.25) is 0 Å². The van der Waals surface area contributed by atoms with E-state index in [0.717, 1.165) is 6.20 Å². The van der Waals surface area contributed by atoms with Crippen LogP contribution in [0.15, 0.2) is 6.20 Å². The summed E-state index contributed by atoms with van der Waals surface area (Å²) in [4.78, 5) is 13.7. The van der Waals surface area contributed by atoms with Crippen molar-refractivity contribution in [1.82, 2.24) is 4.98 Å². The molecule has 0 saturated heterocycles. The Kier molecular flexibility index (Phi) is 3.19. The Morgan fingerprint density at radius 2 is 2.43 bits per heavy atom. The minimum absolute atomic E-state index is 0.0452. The summed E-state index contributed by atoms with van der Waals surface area (Å²) < 4.78 is 13.3. The van der Waals surface area contributed by atoms with Crippen LogP contribution in [0.3, 0.4) is 0 Å². The van der Waals surface area contributed by atoms with E-state index < -0.39 is 17.7 Å². The summed E-state index contributed by atoms with van der Waals surface area (Å²) in [6.07, 6.45) is -0.298. The van der Waals surface area contributed by atoms with Crippen LogP contribution in [0.4, 0.5) is 15.0 Å². The SMILES string of the molecule is N#Cc1cnc(NC(=O)O)c(F)c1I. The quantitative estimate of drug-likeness (QED) is 0.774. The highest BCUT2D eigenvalue weighted by Crippen LogP contribution is 2.20. The number of hydrogen-bond acceptors (Lipinski definition) is 3. The molecule has 0 aliphatic heterocycles. The molecule has 2 N–H and O–H groups in total. The van der Waals surface area contributed by atoms with Gasteiger partial charge in [0.25, 0.3) is 0 Å². The maximum atomic E-state index is 13.3. The predicted octanol–water partition coefficient (Wildman–Crippen LogP) is 1.79. The van der Waals surface area contributed by atoms with Gasteiger partial charge in [-0.15, -0.1) is 0 Å². The van der Waals surface area contributed by atoms with Crippen molar-refractivity contribution in [3.8, 4) is 6.07 Å². The highest BCUT2D eigenvalue weighted by molar-refractivity contribution is 14.1. The minimum atomic E-state index is -1.41. The summed E-state index contributed by atoms with van der Waals surface area (Å²) in [6, 6.07) is 1.73. The number of hydrogen-bond donors (Lipinski definition) is 2. The van der Waals surface area contributed by atoms with E-state index >= 15 is 0 Å². The van der Waals surface area contributed by atoms with Crippen LogP contribution in [-0.4, -0.2) is 16.2 Å². The van der Waals surface area contributed by atoms with Crippen molar-refractivity contribution in [3.05, 3.63) is 21.1 Å². The monoisotopic (exact) mass is 307 g/mol. The first-order chi connectivity index (χ1) is 6.56. The largest absolute Gasteiger partial charge is 0.465 e. The lowest BCUT2D eigenvalue weighted by molar-refractivity contribution is 0.209. The molecule has 0 fully saturated rings. The van der Waals surface area contributed by atoms with Crippen LogP contribution in [-0.2, 0) is 0 Å². The fourth-order valence-corrected chi connectivity index (χ4v) is 1.25. The van der Waals surface area contributed by atoms with E-state index in [1.165, 1.54) is 0 Å². The zero-order valence-electron chi connectivity index (χ0n) is 6.58. The van der Waals surface area contributed by atoms with Gasteiger partial charge in [0, 0.05) is 6.20 Å². The third kappa shape index (κ3) is 2.08. The van der Waals surface area contributed by atoms with Crippen LogP contribution in [0.25, 0.3) is 0 Å². The van der Waals surface area contributed by atoms with Gasteiger partial charge < -0.3 is 5.11 Å². The van der Waals surface area contributed by atoms with Gasteiger partial charge in [-0.1, -0.05) is 0 Å². The molecule has 0 radical (unpaired) electrons. The van der Waals surface area contributed by atoms with Gasteiger partial charge in [0.05, 0.1) is 9.13 Å². The number of carboxylic acid groups (broad SMARTS) is 1. The average Bonchev–Trinajstić information content (AvgIpc) is 2.13. The lowest BCUT2D eigenvalue weighted by atomic mass is 10.3. The third-order valence-electron chi connectivity index (χ3n) is 1.31. The lowest BCUT2D eigenvalue weighted by Gasteiger charge is -2.03. The number of nitrogens with zero attached hydrogens (tertiary/aromatic N) is 2. The second-order valence-corrected chi connectivity index (χ2v) is 3.27. The average molecular weight is 307 g/mol. The van der Waals surface area contributed by atoms with Crippen molar-refractivity contribution in [2.24, 2.45) is 0 Å².